The Labute approximate surface area is 202 Å². The highest BCUT2D eigenvalue weighted by Crippen LogP contribution is 2.32. The fourth-order valence-electron chi connectivity index (χ4n) is 3.58. The van der Waals surface area contributed by atoms with Gasteiger partial charge in [0.2, 0.25) is 0 Å². The first-order valence-electron chi connectivity index (χ1n) is 10.8. The summed E-state index contributed by atoms with van der Waals surface area (Å²) in [5.41, 5.74) is 2.69. The van der Waals surface area contributed by atoms with E-state index in [1.165, 1.54) is 30.3 Å². The summed E-state index contributed by atoms with van der Waals surface area (Å²) in [5, 5.41) is 5.14. The first-order chi connectivity index (χ1) is 16.4. The Bertz CT molecular complexity index is 1130. The van der Waals surface area contributed by atoms with E-state index in [0.717, 1.165) is 16.0 Å². The second-order valence-electron chi connectivity index (χ2n) is 7.78. The Morgan fingerprint density at radius 1 is 1.09 bits per heavy atom. The van der Waals surface area contributed by atoms with Gasteiger partial charge in [0.15, 0.2) is 0 Å². The number of aldehydes is 1. The van der Waals surface area contributed by atoms with Crippen molar-refractivity contribution < 1.29 is 18.4 Å². The highest BCUT2D eigenvalue weighted by atomic mass is 32.2. The van der Waals surface area contributed by atoms with Crippen molar-refractivity contribution in [3.05, 3.63) is 78.4 Å². The van der Waals surface area contributed by atoms with Crippen LogP contribution in [0.1, 0.15) is 12.8 Å². The number of anilines is 2. The van der Waals surface area contributed by atoms with E-state index in [-0.39, 0.29) is 5.82 Å². The third kappa shape index (κ3) is 6.81. The van der Waals surface area contributed by atoms with Gasteiger partial charge in [-0.3, -0.25) is 0 Å². The molecule has 3 rings (SSSR count). The molecule has 0 fully saturated rings. The van der Waals surface area contributed by atoms with Crippen LogP contribution in [0.2, 0.25) is 0 Å². The number of amides is 2. The maximum Gasteiger partial charge on any atom is 0.319 e. The minimum atomic E-state index is -0.691. The van der Waals surface area contributed by atoms with Crippen molar-refractivity contribution in [3.63, 3.8) is 0 Å². The Morgan fingerprint density at radius 2 is 1.82 bits per heavy atom. The van der Waals surface area contributed by atoms with E-state index < -0.39 is 17.9 Å². The molecule has 0 saturated carbocycles. The Kier molecular flexibility index (Phi) is 9.04. The lowest BCUT2D eigenvalue weighted by Gasteiger charge is -2.22. The summed E-state index contributed by atoms with van der Waals surface area (Å²) in [6.07, 6.45) is 3.62. The Morgan fingerprint density at radius 3 is 2.50 bits per heavy atom. The average Bonchev–Trinajstić information content (AvgIpc) is 2.84. The molecular formula is C26H27F2N3O2S. The number of benzene rings is 3. The first kappa shape index (κ1) is 25.2. The molecule has 0 bridgehead atoms. The first-order valence-corrected chi connectivity index (χ1v) is 12.1. The lowest BCUT2D eigenvalue weighted by atomic mass is 10.0. The molecule has 0 spiro atoms. The summed E-state index contributed by atoms with van der Waals surface area (Å²) >= 11 is 1.62. The normalized spacial score (nSPS) is 11.5. The summed E-state index contributed by atoms with van der Waals surface area (Å²) < 4.78 is 27.9. The molecule has 0 saturated heterocycles. The van der Waals surface area contributed by atoms with Crippen molar-refractivity contribution in [2.45, 2.75) is 23.8 Å². The van der Waals surface area contributed by atoms with Gasteiger partial charge in [0.05, 0.1) is 11.7 Å². The molecule has 1 unspecified atom stereocenters. The molecule has 1 atom stereocenters. The zero-order valence-electron chi connectivity index (χ0n) is 19.1. The molecule has 0 aliphatic rings. The summed E-state index contributed by atoms with van der Waals surface area (Å²) in [7, 11) is 1.79. The van der Waals surface area contributed by atoms with Crippen LogP contribution in [-0.2, 0) is 4.79 Å². The van der Waals surface area contributed by atoms with Crippen LogP contribution in [0.15, 0.2) is 71.6 Å². The number of nitrogens with zero attached hydrogens (tertiary/aromatic N) is 1. The van der Waals surface area contributed by atoms with Gasteiger partial charge in [-0.25, -0.2) is 13.6 Å². The molecule has 178 valence electrons. The number of hydrogen-bond acceptors (Lipinski definition) is 4. The second-order valence-corrected chi connectivity index (χ2v) is 8.63. The molecule has 8 heteroatoms. The number of carbonyl (C=O) groups excluding carboxylic acids is 2. The molecule has 3 aromatic rings. The summed E-state index contributed by atoms with van der Waals surface area (Å²) in [6.45, 7) is 0.503. The van der Waals surface area contributed by atoms with E-state index in [9.17, 15) is 18.4 Å². The van der Waals surface area contributed by atoms with Crippen molar-refractivity contribution in [2.24, 2.45) is 0 Å². The van der Waals surface area contributed by atoms with E-state index in [4.69, 9.17) is 0 Å². The highest BCUT2D eigenvalue weighted by Gasteiger charge is 2.14. The molecule has 34 heavy (non-hydrogen) atoms. The number of rotatable bonds is 10. The lowest BCUT2D eigenvalue weighted by molar-refractivity contribution is -0.109. The fraction of sp³-hybridized carbons (Fsp3) is 0.231. The lowest BCUT2D eigenvalue weighted by Crippen LogP contribution is -2.39. The molecule has 0 aliphatic carbocycles. The minimum Gasteiger partial charge on any atom is -0.372 e. The third-order valence-corrected chi connectivity index (χ3v) is 6.16. The van der Waals surface area contributed by atoms with E-state index in [1.807, 2.05) is 36.6 Å². The maximum atomic E-state index is 14.9. The molecule has 0 aromatic heterocycles. The van der Waals surface area contributed by atoms with Crippen LogP contribution in [0, 0.1) is 11.6 Å². The molecule has 0 radical (unpaired) electrons. The predicted octanol–water partition coefficient (Wildman–Crippen LogP) is 5.96. The van der Waals surface area contributed by atoms with Crippen LogP contribution in [0.3, 0.4) is 0 Å². The molecule has 5 nitrogen and oxygen atoms in total. The van der Waals surface area contributed by atoms with Crippen molar-refractivity contribution in [1.29, 1.82) is 0 Å². The molecule has 3 aromatic carbocycles. The van der Waals surface area contributed by atoms with Crippen molar-refractivity contribution >= 4 is 35.5 Å². The molecular weight excluding hydrogens is 456 g/mol. The standard InChI is InChI=1S/C26H27F2N3O2S/c1-31(24-14-9-18(16-23(24)28)22-7-3-4-8-25(22)34-2)15-5-6-21(17-32)30-26(33)29-20-12-10-19(27)11-13-20/h3-4,7-14,16-17,21H,5-6,15H2,1-2H3,(H2,29,30,33). The quantitative estimate of drug-likeness (QED) is 0.276. The van der Waals surface area contributed by atoms with E-state index >= 15 is 0 Å². The molecule has 2 amide bonds. The van der Waals surface area contributed by atoms with Gasteiger partial charge in [-0.1, -0.05) is 24.3 Å². The van der Waals surface area contributed by atoms with Crippen LogP contribution in [0.4, 0.5) is 25.0 Å². The number of nitrogens with one attached hydrogen (secondary N) is 2. The molecule has 0 heterocycles. The van der Waals surface area contributed by atoms with Crippen molar-refractivity contribution in [3.8, 4) is 11.1 Å². The second kappa shape index (κ2) is 12.2. The van der Waals surface area contributed by atoms with Gasteiger partial charge >= 0.3 is 6.03 Å². The monoisotopic (exact) mass is 483 g/mol. The summed E-state index contributed by atoms with van der Waals surface area (Å²) in [5.74, 6) is -0.726. The van der Waals surface area contributed by atoms with Gasteiger partial charge in [0, 0.05) is 24.2 Å². The van der Waals surface area contributed by atoms with E-state index in [2.05, 4.69) is 10.6 Å². The van der Waals surface area contributed by atoms with E-state index in [1.54, 1.807) is 29.8 Å². The average molecular weight is 484 g/mol. The number of carbonyl (C=O) groups is 2. The van der Waals surface area contributed by atoms with Crippen LogP contribution in [0.5, 0.6) is 0 Å². The van der Waals surface area contributed by atoms with Crippen molar-refractivity contribution in [2.75, 3.05) is 30.1 Å². The Hall–Kier alpha value is -3.39. The molecule has 2 N–H and O–H groups in total. The van der Waals surface area contributed by atoms with Gasteiger partial charge in [0.1, 0.15) is 17.9 Å². The van der Waals surface area contributed by atoms with Crippen molar-refractivity contribution in [1.82, 2.24) is 5.32 Å². The predicted molar refractivity (Wildman–Crippen MR) is 135 cm³/mol. The van der Waals surface area contributed by atoms with Gasteiger partial charge in [-0.15, -0.1) is 11.8 Å². The van der Waals surface area contributed by atoms with Crippen LogP contribution >= 0.6 is 11.8 Å². The van der Waals surface area contributed by atoms with Gasteiger partial charge in [-0.05, 0) is 72.7 Å². The number of hydrogen-bond donors (Lipinski definition) is 2. The van der Waals surface area contributed by atoms with Gasteiger partial charge in [0.25, 0.3) is 0 Å². The largest absolute Gasteiger partial charge is 0.372 e. The fourth-order valence-corrected chi connectivity index (χ4v) is 4.20. The zero-order valence-corrected chi connectivity index (χ0v) is 19.9. The number of urea groups is 1. The van der Waals surface area contributed by atoms with Gasteiger partial charge in [-0.2, -0.15) is 0 Å². The van der Waals surface area contributed by atoms with Crippen LogP contribution < -0.4 is 15.5 Å². The van der Waals surface area contributed by atoms with E-state index in [0.29, 0.717) is 37.0 Å². The van der Waals surface area contributed by atoms with Gasteiger partial charge < -0.3 is 20.3 Å². The van der Waals surface area contributed by atoms with Crippen LogP contribution in [-0.4, -0.2) is 38.2 Å². The summed E-state index contributed by atoms with van der Waals surface area (Å²) in [4.78, 5) is 26.4. The van der Waals surface area contributed by atoms with Crippen LogP contribution in [0.25, 0.3) is 11.1 Å². The SMILES string of the molecule is CSc1ccccc1-c1ccc(N(C)CCCC(C=O)NC(=O)Nc2ccc(F)cc2)c(F)c1. The Balaban J connectivity index is 1.53. The zero-order chi connectivity index (χ0) is 24.5. The third-order valence-electron chi connectivity index (χ3n) is 5.37. The highest BCUT2D eigenvalue weighted by molar-refractivity contribution is 7.98. The smallest absolute Gasteiger partial charge is 0.319 e. The maximum absolute atomic E-state index is 14.9. The number of halogens is 2. The number of thioether (sulfide) groups is 1. The topological polar surface area (TPSA) is 61.4 Å². The summed E-state index contributed by atoms with van der Waals surface area (Å²) in [6, 6.07) is 17.2. The minimum absolute atomic E-state index is 0.320. The molecule has 0 aliphatic heterocycles.